The molecular weight excluding hydrogens is 337 g/mol. The van der Waals surface area contributed by atoms with E-state index >= 15 is 0 Å². The van der Waals surface area contributed by atoms with Gasteiger partial charge in [-0.3, -0.25) is 4.79 Å². The molecule has 1 heterocycles. The van der Waals surface area contributed by atoms with Gasteiger partial charge in [0.1, 0.15) is 11.6 Å². The minimum atomic E-state index is -0.588. The van der Waals surface area contributed by atoms with Crippen LogP contribution in [0, 0.1) is 5.82 Å². The van der Waals surface area contributed by atoms with Crippen LogP contribution in [-0.4, -0.2) is 29.0 Å². The quantitative estimate of drug-likeness (QED) is 0.813. The van der Waals surface area contributed by atoms with Crippen molar-refractivity contribution in [2.75, 3.05) is 0 Å². The molecule has 1 amide bonds. The van der Waals surface area contributed by atoms with Gasteiger partial charge in [-0.2, -0.15) is 0 Å². The van der Waals surface area contributed by atoms with E-state index < -0.39 is 6.10 Å². The van der Waals surface area contributed by atoms with Crippen LogP contribution in [0.25, 0.3) is 0 Å². The fourth-order valence-electron chi connectivity index (χ4n) is 2.88. The number of benzene rings is 1. The average molecular weight is 358 g/mol. The summed E-state index contributed by atoms with van der Waals surface area (Å²) in [7, 11) is 0. The molecule has 21 heavy (non-hydrogen) atoms. The van der Waals surface area contributed by atoms with Gasteiger partial charge in [0.25, 0.3) is 5.91 Å². The molecule has 3 nitrogen and oxygen atoms in total. The zero-order valence-corrected chi connectivity index (χ0v) is 14.2. The van der Waals surface area contributed by atoms with E-state index in [1.165, 1.54) is 18.2 Å². The molecule has 5 heteroatoms. The third-order valence-corrected chi connectivity index (χ3v) is 4.61. The van der Waals surface area contributed by atoms with Crippen LogP contribution in [0.4, 0.5) is 4.39 Å². The Morgan fingerprint density at radius 2 is 2.00 bits per heavy atom. The zero-order chi connectivity index (χ0) is 15.6. The first-order valence-electron chi connectivity index (χ1n) is 7.34. The standard InChI is InChI=1S/C16H21BrFNO2/c1-10-5-4-6-11(2)19(10)16(20)12(3)21-15-8-7-13(18)9-14(15)17/h7-12H,4-6H2,1-3H3. The third kappa shape index (κ3) is 3.76. The number of carbonyl (C=O) groups is 1. The van der Waals surface area contributed by atoms with Gasteiger partial charge in [-0.15, -0.1) is 0 Å². The van der Waals surface area contributed by atoms with E-state index in [0.29, 0.717) is 10.2 Å². The Kier molecular flexibility index (Phi) is 5.25. The summed E-state index contributed by atoms with van der Waals surface area (Å²) < 4.78 is 19.3. The molecule has 0 aliphatic carbocycles. The lowest BCUT2D eigenvalue weighted by atomic mass is 9.97. The molecule has 116 valence electrons. The van der Waals surface area contributed by atoms with Crippen molar-refractivity contribution in [1.82, 2.24) is 4.90 Å². The largest absolute Gasteiger partial charge is 0.480 e. The minimum Gasteiger partial charge on any atom is -0.480 e. The fourth-order valence-corrected chi connectivity index (χ4v) is 3.32. The summed E-state index contributed by atoms with van der Waals surface area (Å²) >= 11 is 3.25. The molecule has 0 N–H and O–H groups in total. The highest BCUT2D eigenvalue weighted by Crippen LogP contribution is 2.28. The number of amides is 1. The number of halogens is 2. The van der Waals surface area contributed by atoms with Crippen LogP contribution in [0.1, 0.15) is 40.0 Å². The van der Waals surface area contributed by atoms with E-state index in [1.807, 2.05) is 4.90 Å². The lowest BCUT2D eigenvalue weighted by Gasteiger charge is -2.40. The van der Waals surface area contributed by atoms with Crippen LogP contribution in [0.3, 0.4) is 0 Å². The normalized spacial score (nSPS) is 23.8. The van der Waals surface area contributed by atoms with E-state index in [2.05, 4.69) is 29.8 Å². The molecule has 0 spiro atoms. The van der Waals surface area contributed by atoms with Gasteiger partial charge in [0.2, 0.25) is 0 Å². The van der Waals surface area contributed by atoms with Crippen LogP contribution in [0.15, 0.2) is 22.7 Å². The lowest BCUT2D eigenvalue weighted by Crippen LogP contribution is -2.51. The molecule has 3 unspecified atom stereocenters. The first-order valence-corrected chi connectivity index (χ1v) is 8.13. The van der Waals surface area contributed by atoms with Crippen LogP contribution in [0.2, 0.25) is 0 Å². The van der Waals surface area contributed by atoms with Crippen molar-refractivity contribution in [1.29, 1.82) is 0 Å². The van der Waals surface area contributed by atoms with E-state index in [9.17, 15) is 9.18 Å². The highest BCUT2D eigenvalue weighted by atomic mass is 79.9. The van der Waals surface area contributed by atoms with E-state index in [1.54, 1.807) is 6.92 Å². The number of nitrogens with zero attached hydrogens (tertiary/aromatic N) is 1. The van der Waals surface area contributed by atoms with Gasteiger partial charge >= 0.3 is 0 Å². The fraction of sp³-hybridized carbons (Fsp3) is 0.562. The highest BCUT2D eigenvalue weighted by Gasteiger charge is 2.32. The molecule has 1 saturated heterocycles. The summed E-state index contributed by atoms with van der Waals surface area (Å²) in [6.45, 7) is 5.90. The predicted molar refractivity (Wildman–Crippen MR) is 83.8 cm³/mol. The number of hydrogen-bond acceptors (Lipinski definition) is 2. The smallest absolute Gasteiger partial charge is 0.263 e. The van der Waals surface area contributed by atoms with Crippen LogP contribution >= 0.6 is 15.9 Å². The van der Waals surface area contributed by atoms with Gasteiger partial charge in [-0.1, -0.05) is 0 Å². The maximum atomic E-state index is 13.1. The summed E-state index contributed by atoms with van der Waals surface area (Å²) in [6.07, 6.45) is 2.63. The molecule has 1 aromatic rings. The highest BCUT2D eigenvalue weighted by molar-refractivity contribution is 9.10. The average Bonchev–Trinajstić information content (AvgIpc) is 2.41. The Bertz CT molecular complexity index is 513. The van der Waals surface area contributed by atoms with Gasteiger partial charge in [0, 0.05) is 12.1 Å². The molecule has 0 bridgehead atoms. The lowest BCUT2D eigenvalue weighted by molar-refractivity contribution is -0.144. The summed E-state index contributed by atoms with van der Waals surface area (Å²) in [5.74, 6) is 0.131. The first kappa shape index (κ1) is 16.3. The zero-order valence-electron chi connectivity index (χ0n) is 12.6. The molecule has 1 fully saturated rings. The number of ether oxygens (including phenoxy) is 1. The van der Waals surface area contributed by atoms with Crippen molar-refractivity contribution in [3.63, 3.8) is 0 Å². The van der Waals surface area contributed by atoms with E-state index in [4.69, 9.17) is 4.74 Å². The maximum absolute atomic E-state index is 13.1. The summed E-state index contributed by atoms with van der Waals surface area (Å²) in [4.78, 5) is 14.5. The predicted octanol–water partition coefficient (Wildman–Crippen LogP) is 4.15. The van der Waals surface area contributed by atoms with Gasteiger partial charge in [0.15, 0.2) is 6.10 Å². The topological polar surface area (TPSA) is 29.5 Å². The Morgan fingerprint density at radius 1 is 1.38 bits per heavy atom. The second-order valence-electron chi connectivity index (χ2n) is 5.71. The molecule has 1 aromatic carbocycles. The second-order valence-corrected chi connectivity index (χ2v) is 6.56. The van der Waals surface area contributed by atoms with E-state index in [0.717, 1.165) is 19.3 Å². The Hall–Kier alpha value is -1.10. The molecule has 1 aliphatic heterocycles. The van der Waals surface area contributed by atoms with Gasteiger partial charge in [-0.25, -0.2) is 4.39 Å². The molecule has 2 rings (SSSR count). The SMILES string of the molecule is CC(Oc1ccc(F)cc1Br)C(=O)N1C(C)CCCC1C. The van der Waals surface area contributed by atoms with E-state index in [-0.39, 0.29) is 23.8 Å². The third-order valence-electron chi connectivity index (χ3n) is 3.99. The van der Waals surface area contributed by atoms with Crippen molar-refractivity contribution >= 4 is 21.8 Å². The number of carbonyl (C=O) groups excluding carboxylic acids is 1. The molecular formula is C16H21BrFNO2. The molecule has 0 aromatic heterocycles. The van der Waals surface area contributed by atoms with Crippen molar-refractivity contribution < 1.29 is 13.9 Å². The molecule has 0 saturated carbocycles. The van der Waals surface area contributed by atoms with Gasteiger partial charge in [0.05, 0.1) is 4.47 Å². The second kappa shape index (κ2) is 6.77. The van der Waals surface area contributed by atoms with Crippen LogP contribution in [0.5, 0.6) is 5.75 Å². The van der Waals surface area contributed by atoms with Gasteiger partial charge < -0.3 is 9.64 Å². The number of likely N-dealkylation sites (tertiary alicyclic amines) is 1. The monoisotopic (exact) mass is 357 g/mol. The minimum absolute atomic E-state index is 0.00840. The van der Waals surface area contributed by atoms with Crippen molar-refractivity contribution in [2.24, 2.45) is 0 Å². The molecule has 3 atom stereocenters. The van der Waals surface area contributed by atoms with Crippen molar-refractivity contribution in [3.8, 4) is 5.75 Å². The summed E-state index contributed by atoms with van der Waals surface area (Å²) in [5, 5.41) is 0. The molecule has 1 aliphatic rings. The van der Waals surface area contributed by atoms with Crippen molar-refractivity contribution in [2.45, 2.75) is 58.2 Å². The van der Waals surface area contributed by atoms with Crippen LogP contribution < -0.4 is 4.74 Å². The number of hydrogen-bond donors (Lipinski definition) is 0. The summed E-state index contributed by atoms with van der Waals surface area (Å²) in [5.41, 5.74) is 0. The Morgan fingerprint density at radius 3 is 2.57 bits per heavy atom. The number of piperidine rings is 1. The molecule has 0 radical (unpaired) electrons. The maximum Gasteiger partial charge on any atom is 0.263 e. The van der Waals surface area contributed by atoms with Gasteiger partial charge in [-0.05, 0) is 74.2 Å². The first-order chi connectivity index (χ1) is 9.90. The van der Waals surface area contributed by atoms with Crippen LogP contribution in [-0.2, 0) is 4.79 Å². The van der Waals surface area contributed by atoms with Crippen molar-refractivity contribution in [3.05, 3.63) is 28.5 Å². The Labute approximate surface area is 133 Å². The Balaban J connectivity index is 2.08. The summed E-state index contributed by atoms with van der Waals surface area (Å²) in [6, 6.07) is 4.67. The number of rotatable bonds is 3.